The summed E-state index contributed by atoms with van der Waals surface area (Å²) >= 11 is 0. The summed E-state index contributed by atoms with van der Waals surface area (Å²) in [6.07, 6.45) is 5.80. The van der Waals surface area contributed by atoms with Crippen molar-refractivity contribution in [2.75, 3.05) is 0 Å². The summed E-state index contributed by atoms with van der Waals surface area (Å²) in [6, 6.07) is 10.2. The lowest BCUT2D eigenvalue weighted by Crippen LogP contribution is -2.22. The first-order valence-corrected chi connectivity index (χ1v) is 10.3. The monoisotopic (exact) mass is 354 g/mol. The third-order valence-corrected chi connectivity index (χ3v) is 6.30. The van der Waals surface area contributed by atoms with Gasteiger partial charge in [-0.2, -0.15) is 0 Å². The minimum atomic E-state index is -0.912. The highest BCUT2D eigenvalue weighted by atomic mass is 16.3. The Morgan fingerprint density at radius 2 is 1.81 bits per heavy atom. The number of benzene rings is 1. The molecule has 26 heavy (non-hydrogen) atoms. The Labute approximate surface area is 158 Å². The van der Waals surface area contributed by atoms with E-state index >= 15 is 0 Å². The van der Waals surface area contributed by atoms with Crippen molar-refractivity contribution in [2.24, 2.45) is 11.8 Å². The van der Waals surface area contributed by atoms with Crippen molar-refractivity contribution in [2.45, 2.75) is 78.2 Å². The van der Waals surface area contributed by atoms with Crippen LogP contribution in [0.25, 0.3) is 11.3 Å². The van der Waals surface area contributed by atoms with E-state index in [0.29, 0.717) is 5.92 Å². The second-order valence-corrected chi connectivity index (χ2v) is 8.58. The highest BCUT2D eigenvalue weighted by Gasteiger charge is 2.36. The number of hydrogen-bond acceptors (Lipinski definition) is 2. The molecule has 0 radical (unpaired) electrons. The van der Waals surface area contributed by atoms with Crippen LogP contribution in [0.1, 0.15) is 83.1 Å². The van der Waals surface area contributed by atoms with Gasteiger partial charge in [0.2, 0.25) is 0 Å². The van der Waals surface area contributed by atoms with E-state index in [9.17, 15) is 5.11 Å². The van der Waals surface area contributed by atoms with Gasteiger partial charge in [-0.3, -0.25) is 0 Å². The first-order chi connectivity index (χ1) is 12.4. The molecule has 1 aliphatic carbocycles. The van der Waals surface area contributed by atoms with Crippen LogP contribution in [0.2, 0.25) is 0 Å². The molecule has 1 fully saturated rings. The predicted molar refractivity (Wildman–Crippen MR) is 108 cm³/mol. The molecule has 0 spiro atoms. The minimum Gasteiger partial charge on any atom is -0.460 e. The Morgan fingerprint density at radius 3 is 2.38 bits per heavy atom. The van der Waals surface area contributed by atoms with E-state index in [1.54, 1.807) is 0 Å². The van der Waals surface area contributed by atoms with Crippen LogP contribution in [-0.4, -0.2) is 5.11 Å². The third kappa shape index (κ3) is 3.62. The van der Waals surface area contributed by atoms with Crippen molar-refractivity contribution in [3.63, 3.8) is 0 Å². The van der Waals surface area contributed by atoms with Gasteiger partial charge in [0.05, 0.1) is 5.60 Å². The van der Waals surface area contributed by atoms with E-state index in [-0.39, 0.29) is 0 Å². The predicted octanol–water partition coefficient (Wildman–Crippen LogP) is 6.67. The second kappa shape index (κ2) is 7.60. The molecule has 0 bridgehead atoms. The van der Waals surface area contributed by atoms with Crippen molar-refractivity contribution < 1.29 is 9.52 Å². The molecule has 0 amide bonds. The molecule has 1 N–H and O–H groups in total. The second-order valence-electron chi connectivity index (χ2n) is 8.58. The Balaban J connectivity index is 2.10. The maximum absolute atomic E-state index is 10.9. The summed E-state index contributed by atoms with van der Waals surface area (Å²) in [7, 11) is 0. The Morgan fingerprint density at radius 1 is 1.12 bits per heavy atom. The fraction of sp³-hybridized carbons (Fsp3) is 0.583. The summed E-state index contributed by atoms with van der Waals surface area (Å²) in [5, 5.41) is 10.9. The lowest BCUT2D eigenvalue weighted by atomic mass is 9.72. The highest BCUT2D eigenvalue weighted by Crippen LogP contribution is 2.47. The van der Waals surface area contributed by atoms with Gasteiger partial charge in [-0.05, 0) is 51.4 Å². The van der Waals surface area contributed by atoms with Gasteiger partial charge in [-0.1, -0.05) is 57.5 Å². The minimum absolute atomic E-state index is 0.477. The summed E-state index contributed by atoms with van der Waals surface area (Å²) < 4.78 is 6.56. The molecule has 3 atom stereocenters. The Hall–Kier alpha value is -1.54. The molecule has 1 heterocycles. The lowest BCUT2D eigenvalue weighted by molar-refractivity contribution is 0.0779. The average Bonchev–Trinajstić information content (AvgIpc) is 3.03. The van der Waals surface area contributed by atoms with Crippen LogP contribution < -0.4 is 0 Å². The Bertz CT molecular complexity index is 721. The summed E-state index contributed by atoms with van der Waals surface area (Å²) in [5.41, 5.74) is 2.35. The fourth-order valence-corrected chi connectivity index (χ4v) is 4.83. The summed E-state index contributed by atoms with van der Waals surface area (Å²) in [5.74, 6) is 4.04. The molecule has 2 nitrogen and oxygen atoms in total. The van der Waals surface area contributed by atoms with Crippen molar-refractivity contribution in [3.05, 3.63) is 47.2 Å². The van der Waals surface area contributed by atoms with E-state index in [1.807, 2.05) is 32.0 Å². The SMILES string of the molecule is CCc1c(C2CCC(C)C(CC)C2)oc(-c2ccccc2)c1C(C)(C)O. The van der Waals surface area contributed by atoms with Gasteiger partial charge >= 0.3 is 0 Å². The molecule has 1 saturated carbocycles. The van der Waals surface area contributed by atoms with Crippen LogP contribution >= 0.6 is 0 Å². The zero-order valence-electron chi connectivity index (χ0n) is 17.0. The van der Waals surface area contributed by atoms with E-state index in [1.165, 1.54) is 31.2 Å². The topological polar surface area (TPSA) is 33.4 Å². The van der Waals surface area contributed by atoms with Gasteiger partial charge in [-0.15, -0.1) is 0 Å². The molecule has 3 unspecified atom stereocenters. The summed E-state index contributed by atoms with van der Waals surface area (Å²) in [6.45, 7) is 10.6. The van der Waals surface area contributed by atoms with Gasteiger partial charge in [0.25, 0.3) is 0 Å². The Kier molecular flexibility index (Phi) is 5.62. The molecule has 0 aliphatic heterocycles. The number of furan rings is 1. The van der Waals surface area contributed by atoms with E-state index in [0.717, 1.165) is 40.9 Å². The van der Waals surface area contributed by atoms with Crippen LogP contribution in [-0.2, 0) is 12.0 Å². The molecule has 1 aromatic carbocycles. The molecular weight excluding hydrogens is 320 g/mol. The average molecular weight is 355 g/mol. The molecule has 2 heteroatoms. The molecule has 2 aromatic rings. The van der Waals surface area contributed by atoms with Crippen molar-refractivity contribution in [1.29, 1.82) is 0 Å². The highest BCUT2D eigenvalue weighted by molar-refractivity contribution is 5.65. The normalized spacial score (nSPS) is 24.0. The van der Waals surface area contributed by atoms with Crippen molar-refractivity contribution >= 4 is 0 Å². The molecule has 142 valence electrons. The van der Waals surface area contributed by atoms with E-state index in [4.69, 9.17) is 4.42 Å². The number of aliphatic hydroxyl groups is 1. The molecule has 3 rings (SSSR count). The van der Waals surface area contributed by atoms with Gasteiger partial charge < -0.3 is 9.52 Å². The fourth-order valence-electron chi connectivity index (χ4n) is 4.83. The molecule has 1 aromatic heterocycles. The molecule has 0 saturated heterocycles. The van der Waals surface area contributed by atoms with E-state index in [2.05, 4.69) is 32.9 Å². The third-order valence-electron chi connectivity index (χ3n) is 6.30. The zero-order valence-corrected chi connectivity index (χ0v) is 17.0. The first-order valence-electron chi connectivity index (χ1n) is 10.3. The lowest BCUT2D eigenvalue weighted by Gasteiger charge is -2.33. The van der Waals surface area contributed by atoms with Crippen molar-refractivity contribution in [3.8, 4) is 11.3 Å². The van der Waals surface area contributed by atoms with Gasteiger partial charge in [-0.25, -0.2) is 0 Å². The van der Waals surface area contributed by atoms with Gasteiger partial charge in [0, 0.05) is 22.6 Å². The quantitative estimate of drug-likeness (QED) is 0.651. The first kappa shape index (κ1) is 19.2. The van der Waals surface area contributed by atoms with Crippen LogP contribution in [0.3, 0.4) is 0 Å². The standard InChI is InChI=1S/C24H34O2/c1-6-17-15-19(14-13-16(17)3)22-20(7-2)21(24(4,5)25)23(26-22)18-11-9-8-10-12-18/h8-12,16-17,19,25H,6-7,13-15H2,1-5H3. The van der Waals surface area contributed by atoms with Crippen LogP contribution in [0.15, 0.2) is 34.7 Å². The molecular formula is C24H34O2. The van der Waals surface area contributed by atoms with Crippen molar-refractivity contribution in [1.82, 2.24) is 0 Å². The van der Waals surface area contributed by atoms with Crippen LogP contribution in [0.5, 0.6) is 0 Å². The van der Waals surface area contributed by atoms with E-state index < -0.39 is 5.60 Å². The van der Waals surface area contributed by atoms with Gasteiger partial charge in [0.15, 0.2) is 0 Å². The van der Waals surface area contributed by atoms with Crippen LogP contribution in [0.4, 0.5) is 0 Å². The van der Waals surface area contributed by atoms with Gasteiger partial charge in [0.1, 0.15) is 11.5 Å². The van der Waals surface area contributed by atoms with Crippen LogP contribution in [0, 0.1) is 11.8 Å². The maximum Gasteiger partial charge on any atom is 0.140 e. The number of hydrogen-bond donors (Lipinski definition) is 1. The maximum atomic E-state index is 10.9. The molecule has 1 aliphatic rings. The smallest absolute Gasteiger partial charge is 0.140 e. The summed E-state index contributed by atoms with van der Waals surface area (Å²) in [4.78, 5) is 0. The number of rotatable bonds is 5. The largest absolute Gasteiger partial charge is 0.460 e. The zero-order chi connectivity index (χ0) is 18.9.